The molecule has 192 valence electrons. The van der Waals surface area contributed by atoms with Crippen molar-refractivity contribution >= 4 is 23.4 Å². The van der Waals surface area contributed by atoms with Gasteiger partial charge in [-0.1, -0.05) is 0 Å². The number of carbonyl (C=O) groups is 2. The number of nitrogens with one attached hydrogen (secondary N) is 4. The number of hydrogen-bond donors (Lipinski definition) is 5. The predicted molar refractivity (Wildman–Crippen MR) is 125 cm³/mol. The van der Waals surface area contributed by atoms with E-state index < -0.39 is 28.7 Å². The van der Waals surface area contributed by atoms with Gasteiger partial charge >= 0.3 is 0 Å². The van der Waals surface area contributed by atoms with Crippen LogP contribution in [-0.4, -0.2) is 83.5 Å². The first-order valence-corrected chi connectivity index (χ1v) is 13.4. The third kappa shape index (κ3) is 5.24. The number of rotatable bonds is 7. The van der Waals surface area contributed by atoms with Gasteiger partial charge in [0, 0.05) is 31.1 Å². The zero-order chi connectivity index (χ0) is 23.9. The second-order valence-electron chi connectivity index (χ2n) is 11.3. The number of carbonyl (C=O) groups excluding carboxylic acids is 2. The molecule has 1 heterocycles. The Labute approximate surface area is 205 Å². The number of aliphatic hydroxyl groups excluding tert-OH is 1. The largest absolute Gasteiger partial charge is 0.391 e. The summed E-state index contributed by atoms with van der Waals surface area (Å²) in [7, 11) is 0. The Kier molecular flexibility index (Phi) is 7.12. The molecule has 2 amide bonds. The van der Waals surface area contributed by atoms with E-state index in [-0.39, 0.29) is 37.0 Å². The van der Waals surface area contributed by atoms with Gasteiger partial charge < -0.3 is 31.1 Å². The first kappa shape index (κ1) is 24.7. The number of hydrogen-bond acceptors (Lipinski definition) is 6. The highest BCUT2D eigenvalue weighted by molar-refractivity contribution is 6.21. The van der Waals surface area contributed by atoms with Gasteiger partial charge in [0.15, 0.2) is 0 Å². The Balaban J connectivity index is 1.08. The van der Waals surface area contributed by atoms with E-state index in [4.69, 9.17) is 16.3 Å². The van der Waals surface area contributed by atoms with Crippen LogP contribution in [0.4, 0.5) is 4.39 Å². The number of amides is 2. The fourth-order valence-corrected chi connectivity index (χ4v) is 6.64. The van der Waals surface area contributed by atoms with Gasteiger partial charge in [0.05, 0.1) is 29.2 Å². The number of fused-ring (bicyclic) bond motifs is 3. The smallest absolute Gasteiger partial charge is 0.246 e. The molecular formula is C24H38ClFN4O4. The molecule has 1 saturated heterocycles. The lowest BCUT2D eigenvalue weighted by Crippen LogP contribution is -2.72. The van der Waals surface area contributed by atoms with Crippen LogP contribution in [0.5, 0.6) is 0 Å². The van der Waals surface area contributed by atoms with Crippen LogP contribution in [0.3, 0.4) is 0 Å². The SMILES string of the molecule is O=C(COC1CCC(Cl)C(F)C1)NC12CCC(NC(=O)C3CNC(C4CC4)CN3)(CC1)C[C@@H]2O. The van der Waals surface area contributed by atoms with Crippen LogP contribution < -0.4 is 21.3 Å². The zero-order valence-corrected chi connectivity index (χ0v) is 20.4. The van der Waals surface area contributed by atoms with Crippen molar-refractivity contribution in [1.82, 2.24) is 21.3 Å². The monoisotopic (exact) mass is 500 g/mol. The number of halogens is 2. The van der Waals surface area contributed by atoms with E-state index in [1.165, 1.54) is 12.8 Å². The molecule has 5 aliphatic carbocycles. The van der Waals surface area contributed by atoms with Crippen molar-refractivity contribution in [3.8, 4) is 0 Å². The van der Waals surface area contributed by atoms with E-state index in [1.54, 1.807) is 0 Å². The summed E-state index contributed by atoms with van der Waals surface area (Å²) in [5.74, 6) is 0.444. The zero-order valence-electron chi connectivity index (χ0n) is 19.7. The highest BCUT2D eigenvalue weighted by Gasteiger charge is 2.55. The summed E-state index contributed by atoms with van der Waals surface area (Å²) in [5.41, 5.74) is -1.11. The van der Waals surface area contributed by atoms with Crippen molar-refractivity contribution in [3.05, 3.63) is 0 Å². The normalized spacial score (nSPS) is 44.4. The van der Waals surface area contributed by atoms with Crippen molar-refractivity contribution in [2.24, 2.45) is 5.92 Å². The molecule has 5 unspecified atom stereocenters. The fraction of sp³-hybridized carbons (Fsp3) is 0.917. The molecule has 1 aliphatic heterocycles. The van der Waals surface area contributed by atoms with Gasteiger partial charge in [-0.05, 0) is 63.7 Å². The molecule has 34 heavy (non-hydrogen) atoms. The molecule has 0 aromatic rings. The molecule has 10 heteroatoms. The summed E-state index contributed by atoms with van der Waals surface area (Å²) in [5, 5.41) is 23.6. The third-order valence-electron chi connectivity index (χ3n) is 8.87. The highest BCUT2D eigenvalue weighted by Crippen LogP contribution is 2.47. The second kappa shape index (κ2) is 9.81. The maximum atomic E-state index is 13.8. The Bertz CT molecular complexity index is 768. The van der Waals surface area contributed by atoms with Crippen molar-refractivity contribution in [1.29, 1.82) is 0 Å². The van der Waals surface area contributed by atoms with Crippen LogP contribution in [0.1, 0.15) is 64.2 Å². The summed E-state index contributed by atoms with van der Waals surface area (Å²) in [6, 6.07) is 0.208. The van der Waals surface area contributed by atoms with Crippen LogP contribution in [0.15, 0.2) is 0 Å². The van der Waals surface area contributed by atoms with Crippen LogP contribution in [0.25, 0.3) is 0 Å². The summed E-state index contributed by atoms with van der Waals surface area (Å²) < 4.78 is 19.5. The van der Waals surface area contributed by atoms with Gasteiger partial charge in [-0.3, -0.25) is 9.59 Å². The second-order valence-corrected chi connectivity index (χ2v) is 11.8. The average molecular weight is 501 g/mol. The van der Waals surface area contributed by atoms with Gasteiger partial charge in [-0.15, -0.1) is 11.6 Å². The van der Waals surface area contributed by atoms with E-state index >= 15 is 0 Å². The maximum absolute atomic E-state index is 13.8. The van der Waals surface area contributed by atoms with Crippen molar-refractivity contribution in [3.63, 3.8) is 0 Å². The molecule has 5 saturated carbocycles. The summed E-state index contributed by atoms with van der Waals surface area (Å²) in [6.45, 7) is 1.29. The van der Waals surface area contributed by atoms with E-state index in [0.717, 1.165) is 12.5 Å². The first-order valence-electron chi connectivity index (χ1n) is 13.0. The molecule has 8 nitrogen and oxygen atoms in total. The molecule has 5 N–H and O–H groups in total. The first-order chi connectivity index (χ1) is 16.3. The summed E-state index contributed by atoms with van der Waals surface area (Å²) in [4.78, 5) is 25.6. The minimum Gasteiger partial charge on any atom is -0.391 e. The predicted octanol–water partition coefficient (Wildman–Crippen LogP) is 0.890. The lowest BCUT2D eigenvalue weighted by Gasteiger charge is -2.56. The molecule has 6 atom stereocenters. The van der Waals surface area contributed by atoms with E-state index in [1.807, 2.05) is 0 Å². The van der Waals surface area contributed by atoms with Gasteiger partial charge in [0.2, 0.25) is 11.8 Å². The minimum absolute atomic E-state index is 0.0152. The summed E-state index contributed by atoms with van der Waals surface area (Å²) in [6.07, 6.45) is 4.84. The fourth-order valence-electron chi connectivity index (χ4n) is 6.41. The molecule has 6 rings (SSSR count). The lowest BCUT2D eigenvalue weighted by atomic mass is 9.59. The van der Waals surface area contributed by atoms with Crippen LogP contribution in [0, 0.1) is 5.92 Å². The van der Waals surface area contributed by atoms with Gasteiger partial charge in [0.1, 0.15) is 12.8 Å². The van der Waals surface area contributed by atoms with E-state index in [2.05, 4.69) is 21.3 Å². The van der Waals surface area contributed by atoms with Gasteiger partial charge in [0.25, 0.3) is 0 Å². The molecule has 6 fully saturated rings. The molecule has 2 bridgehead atoms. The van der Waals surface area contributed by atoms with Crippen molar-refractivity contribution in [2.45, 2.75) is 111 Å². The number of piperazine rings is 1. The Hall–Kier alpha value is -1.00. The van der Waals surface area contributed by atoms with Crippen LogP contribution in [0.2, 0.25) is 0 Å². The molecule has 0 radical (unpaired) electrons. The number of ether oxygens (including phenoxy) is 1. The summed E-state index contributed by atoms with van der Waals surface area (Å²) >= 11 is 5.92. The third-order valence-corrected chi connectivity index (χ3v) is 9.36. The number of alkyl halides is 2. The molecule has 0 aromatic carbocycles. The van der Waals surface area contributed by atoms with Crippen molar-refractivity contribution < 1.29 is 23.8 Å². The number of aliphatic hydroxyl groups is 1. The molecular weight excluding hydrogens is 463 g/mol. The Morgan fingerprint density at radius 2 is 1.82 bits per heavy atom. The Morgan fingerprint density at radius 1 is 1.06 bits per heavy atom. The Morgan fingerprint density at radius 3 is 2.44 bits per heavy atom. The maximum Gasteiger partial charge on any atom is 0.246 e. The highest BCUT2D eigenvalue weighted by atomic mass is 35.5. The molecule has 0 aromatic heterocycles. The average Bonchev–Trinajstić information content (AvgIpc) is 3.67. The molecule has 0 spiro atoms. The standard InChI is InChI=1S/C24H38ClFN4O4/c25-16-4-3-15(9-17(16)26)34-13-21(32)29-24-7-5-23(6-8-24,10-20(24)31)30-22(33)19-12-27-18(11-28-19)14-1-2-14/h14-20,27-28,31H,1-13H2,(H,29,32)(H,30,33)/t15?,16?,17?,18?,19?,20-,23?,24?/m0/s1. The van der Waals surface area contributed by atoms with Crippen LogP contribution >= 0.6 is 11.6 Å². The quantitative estimate of drug-likeness (QED) is 0.332. The lowest BCUT2D eigenvalue weighted by molar-refractivity contribution is -0.140. The van der Waals surface area contributed by atoms with Gasteiger partial charge in [-0.2, -0.15) is 0 Å². The van der Waals surface area contributed by atoms with E-state index in [9.17, 15) is 19.1 Å². The topological polar surface area (TPSA) is 112 Å². The minimum atomic E-state index is -1.11. The van der Waals surface area contributed by atoms with Crippen molar-refractivity contribution in [2.75, 3.05) is 19.7 Å². The van der Waals surface area contributed by atoms with Crippen LogP contribution in [-0.2, 0) is 14.3 Å². The molecule has 6 aliphatic rings. The van der Waals surface area contributed by atoms with Gasteiger partial charge in [-0.25, -0.2) is 4.39 Å². The van der Waals surface area contributed by atoms with E-state index in [0.29, 0.717) is 57.5 Å².